The van der Waals surface area contributed by atoms with Crippen molar-refractivity contribution in [1.82, 2.24) is 4.31 Å². The lowest BCUT2D eigenvalue weighted by Crippen LogP contribution is -2.34. The molecule has 0 radical (unpaired) electrons. The number of methoxy groups -OCH3 is 1. The number of ether oxygens (including phenoxy) is 1. The Balaban J connectivity index is 2.83. The maximum Gasteiger partial charge on any atom is 0.216 e. The van der Waals surface area contributed by atoms with Crippen LogP contribution in [0.1, 0.15) is 18.9 Å². The molecule has 0 aromatic heterocycles. The van der Waals surface area contributed by atoms with Crippen molar-refractivity contribution >= 4 is 15.7 Å². The van der Waals surface area contributed by atoms with Gasteiger partial charge in [0.2, 0.25) is 10.0 Å². The van der Waals surface area contributed by atoms with Gasteiger partial charge in [0.05, 0.1) is 12.4 Å². The Labute approximate surface area is 115 Å². The highest BCUT2D eigenvalue weighted by atomic mass is 32.2. The number of nitrogens with zero attached hydrogens (tertiary/aromatic N) is 1. The zero-order valence-electron chi connectivity index (χ0n) is 11.5. The first-order chi connectivity index (χ1) is 8.99. The summed E-state index contributed by atoms with van der Waals surface area (Å²) >= 11 is 0. The van der Waals surface area contributed by atoms with Crippen molar-refractivity contribution in [3.05, 3.63) is 29.8 Å². The zero-order valence-corrected chi connectivity index (χ0v) is 12.3. The summed E-state index contributed by atoms with van der Waals surface area (Å²) in [5.74, 6) is 0.00577. The van der Waals surface area contributed by atoms with Crippen LogP contribution in [-0.4, -0.2) is 38.7 Å². The molecule has 1 rings (SSSR count). The van der Waals surface area contributed by atoms with Crippen molar-refractivity contribution in [1.29, 1.82) is 0 Å². The van der Waals surface area contributed by atoms with Crippen LogP contribution in [0.15, 0.2) is 24.3 Å². The van der Waals surface area contributed by atoms with Crippen LogP contribution < -0.4 is 5.73 Å². The highest BCUT2D eigenvalue weighted by Crippen LogP contribution is 2.13. The molecule has 1 aromatic rings. The SMILES string of the molecule is CCCN(Cc1cccc(N)c1)S(=O)(=O)CCOC. The van der Waals surface area contributed by atoms with E-state index in [1.807, 2.05) is 19.1 Å². The standard InChI is InChI=1S/C13H22N2O3S/c1-3-7-15(19(16,17)9-8-18-2)11-12-5-4-6-13(14)10-12/h4-6,10H,3,7-9,11,14H2,1-2H3. The molecule has 0 amide bonds. The fraction of sp³-hybridized carbons (Fsp3) is 0.538. The number of benzene rings is 1. The number of nitrogen functional groups attached to an aromatic ring is 1. The van der Waals surface area contributed by atoms with Crippen LogP contribution in [0.4, 0.5) is 5.69 Å². The van der Waals surface area contributed by atoms with E-state index in [1.165, 1.54) is 11.4 Å². The van der Waals surface area contributed by atoms with E-state index in [-0.39, 0.29) is 12.4 Å². The Kier molecular flexibility index (Phi) is 6.27. The normalized spacial score (nSPS) is 11.9. The van der Waals surface area contributed by atoms with Gasteiger partial charge in [-0.2, -0.15) is 4.31 Å². The van der Waals surface area contributed by atoms with Gasteiger partial charge in [0.1, 0.15) is 0 Å². The van der Waals surface area contributed by atoms with Crippen molar-refractivity contribution < 1.29 is 13.2 Å². The van der Waals surface area contributed by atoms with Crippen LogP contribution in [0.2, 0.25) is 0 Å². The summed E-state index contributed by atoms with van der Waals surface area (Å²) in [6.45, 7) is 3.02. The second-order valence-electron chi connectivity index (χ2n) is 4.39. The van der Waals surface area contributed by atoms with Crippen molar-refractivity contribution in [3.8, 4) is 0 Å². The predicted molar refractivity (Wildman–Crippen MR) is 77.2 cm³/mol. The van der Waals surface area contributed by atoms with Gasteiger partial charge in [0.25, 0.3) is 0 Å². The lowest BCUT2D eigenvalue weighted by atomic mass is 10.2. The summed E-state index contributed by atoms with van der Waals surface area (Å²) in [6.07, 6.45) is 0.772. The Morgan fingerprint density at radius 1 is 1.37 bits per heavy atom. The number of hydrogen-bond acceptors (Lipinski definition) is 4. The first kappa shape index (κ1) is 15.9. The third-order valence-electron chi connectivity index (χ3n) is 2.72. The van der Waals surface area contributed by atoms with E-state index >= 15 is 0 Å². The van der Waals surface area contributed by atoms with E-state index in [1.54, 1.807) is 12.1 Å². The van der Waals surface area contributed by atoms with Gasteiger partial charge in [-0.05, 0) is 24.1 Å². The van der Waals surface area contributed by atoms with E-state index in [0.29, 0.717) is 18.8 Å². The van der Waals surface area contributed by atoms with Gasteiger partial charge in [-0.3, -0.25) is 0 Å². The summed E-state index contributed by atoms with van der Waals surface area (Å²) in [5, 5.41) is 0. The second kappa shape index (κ2) is 7.47. The summed E-state index contributed by atoms with van der Waals surface area (Å²) in [4.78, 5) is 0. The van der Waals surface area contributed by atoms with Gasteiger partial charge < -0.3 is 10.5 Å². The van der Waals surface area contributed by atoms with Crippen LogP contribution in [-0.2, 0) is 21.3 Å². The molecule has 0 aliphatic rings. The molecule has 1 aromatic carbocycles. The molecule has 0 unspecified atom stereocenters. The number of hydrogen-bond donors (Lipinski definition) is 1. The van der Waals surface area contributed by atoms with Crippen molar-refractivity contribution in [2.45, 2.75) is 19.9 Å². The monoisotopic (exact) mass is 286 g/mol. The van der Waals surface area contributed by atoms with Crippen LogP contribution in [0.3, 0.4) is 0 Å². The first-order valence-corrected chi connectivity index (χ1v) is 7.91. The van der Waals surface area contributed by atoms with E-state index in [4.69, 9.17) is 10.5 Å². The highest BCUT2D eigenvalue weighted by molar-refractivity contribution is 7.89. The summed E-state index contributed by atoms with van der Waals surface area (Å²) in [6, 6.07) is 7.29. The van der Waals surface area contributed by atoms with Crippen molar-refractivity contribution in [3.63, 3.8) is 0 Å². The average molecular weight is 286 g/mol. The minimum Gasteiger partial charge on any atom is -0.399 e. The Hall–Kier alpha value is -1.11. The highest BCUT2D eigenvalue weighted by Gasteiger charge is 2.21. The van der Waals surface area contributed by atoms with Gasteiger partial charge in [0.15, 0.2) is 0 Å². The summed E-state index contributed by atoms with van der Waals surface area (Å²) in [5.41, 5.74) is 7.25. The fourth-order valence-corrected chi connectivity index (χ4v) is 3.22. The van der Waals surface area contributed by atoms with Crippen LogP contribution in [0.5, 0.6) is 0 Å². The van der Waals surface area contributed by atoms with E-state index in [2.05, 4.69) is 0 Å². The maximum absolute atomic E-state index is 12.2. The van der Waals surface area contributed by atoms with Gasteiger partial charge in [0, 0.05) is 25.9 Å². The molecule has 0 saturated heterocycles. The van der Waals surface area contributed by atoms with E-state index in [9.17, 15) is 8.42 Å². The summed E-state index contributed by atoms with van der Waals surface area (Å²) in [7, 11) is -1.79. The van der Waals surface area contributed by atoms with Crippen LogP contribution in [0.25, 0.3) is 0 Å². The smallest absolute Gasteiger partial charge is 0.216 e. The Bertz CT molecular complexity index is 488. The van der Waals surface area contributed by atoms with Crippen LogP contribution in [0, 0.1) is 0 Å². The molecule has 0 heterocycles. The zero-order chi connectivity index (χ0) is 14.3. The largest absolute Gasteiger partial charge is 0.399 e. The molecule has 0 aliphatic heterocycles. The molecule has 0 aliphatic carbocycles. The molecular formula is C13H22N2O3S. The first-order valence-electron chi connectivity index (χ1n) is 6.30. The molecule has 6 heteroatoms. The number of rotatable bonds is 8. The molecule has 0 atom stereocenters. The molecular weight excluding hydrogens is 264 g/mol. The number of anilines is 1. The molecule has 2 N–H and O–H groups in total. The lowest BCUT2D eigenvalue weighted by molar-refractivity contribution is 0.215. The maximum atomic E-state index is 12.2. The molecule has 0 spiro atoms. The molecule has 5 nitrogen and oxygen atoms in total. The molecule has 0 fully saturated rings. The topological polar surface area (TPSA) is 72.6 Å². The predicted octanol–water partition coefficient (Wildman–Crippen LogP) is 1.46. The van der Waals surface area contributed by atoms with Gasteiger partial charge in [-0.25, -0.2) is 8.42 Å². The average Bonchev–Trinajstić information content (AvgIpc) is 2.36. The summed E-state index contributed by atoms with van der Waals surface area (Å²) < 4.78 is 30.7. The van der Waals surface area contributed by atoms with E-state index in [0.717, 1.165) is 12.0 Å². The second-order valence-corrected chi connectivity index (χ2v) is 6.48. The van der Waals surface area contributed by atoms with Gasteiger partial charge in [-0.15, -0.1) is 0 Å². The third-order valence-corrected chi connectivity index (χ3v) is 4.50. The Morgan fingerprint density at radius 3 is 2.68 bits per heavy atom. The van der Waals surface area contributed by atoms with Crippen molar-refractivity contribution in [2.24, 2.45) is 0 Å². The minimum absolute atomic E-state index is 0.00577. The van der Waals surface area contributed by atoms with Gasteiger partial charge in [-0.1, -0.05) is 19.1 Å². The molecule has 108 valence electrons. The van der Waals surface area contributed by atoms with Crippen molar-refractivity contribution in [2.75, 3.05) is 31.7 Å². The van der Waals surface area contributed by atoms with Gasteiger partial charge >= 0.3 is 0 Å². The molecule has 19 heavy (non-hydrogen) atoms. The number of nitrogens with two attached hydrogens (primary N) is 1. The van der Waals surface area contributed by atoms with E-state index < -0.39 is 10.0 Å². The fourth-order valence-electron chi connectivity index (χ4n) is 1.78. The molecule has 0 saturated carbocycles. The quantitative estimate of drug-likeness (QED) is 0.734. The van der Waals surface area contributed by atoms with Crippen LogP contribution >= 0.6 is 0 Å². The third kappa shape index (κ3) is 5.18. The Morgan fingerprint density at radius 2 is 2.11 bits per heavy atom. The number of sulfonamides is 1. The minimum atomic E-state index is -3.29. The molecule has 0 bridgehead atoms. The lowest BCUT2D eigenvalue weighted by Gasteiger charge is -2.21.